The average molecular weight is 366 g/mol. The van der Waals surface area contributed by atoms with Crippen molar-refractivity contribution in [3.63, 3.8) is 0 Å². The zero-order valence-corrected chi connectivity index (χ0v) is 16.5. The van der Waals surface area contributed by atoms with E-state index in [0.29, 0.717) is 38.0 Å². The summed E-state index contributed by atoms with van der Waals surface area (Å²) in [6, 6.07) is 0.262. The van der Waals surface area contributed by atoms with Gasteiger partial charge >= 0.3 is 12.0 Å². The highest BCUT2D eigenvalue weighted by molar-refractivity contribution is 5.80. The van der Waals surface area contributed by atoms with Crippen molar-refractivity contribution >= 4 is 12.0 Å². The number of carboxylic acid groups (broad SMARTS) is 1. The average Bonchev–Trinajstić information content (AvgIpc) is 3.14. The first-order chi connectivity index (χ1) is 12.3. The monoisotopic (exact) mass is 365 g/mol. The fraction of sp³-hybridized carbons (Fsp3) is 0.900. The van der Waals surface area contributed by atoms with Gasteiger partial charge in [0.25, 0.3) is 0 Å². The highest BCUT2D eigenvalue weighted by atomic mass is 16.4. The molecule has 6 nitrogen and oxygen atoms in total. The molecule has 2 heterocycles. The van der Waals surface area contributed by atoms with Crippen LogP contribution < -0.4 is 5.32 Å². The molecule has 148 valence electrons. The molecule has 0 aromatic carbocycles. The molecule has 0 spiro atoms. The van der Waals surface area contributed by atoms with Gasteiger partial charge in [0.05, 0.1) is 5.41 Å². The lowest BCUT2D eigenvalue weighted by molar-refractivity contribution is -0.149. The van der Waals surface area contributed by atoms with Crippen molar-refractivity contribution in [2.45, 2.75) is 58.9 Å². The van der Waals surface area contributed by atoms with Gasteiger partial charge < -0.3 is 15.3 Å². The SMILES string of the molecule is CC1CCN(C(CNC(=O)N2C[C@@H]3CCC[C@@]3(C(=O)O)C2)C(C)C)CC1. The van der Waals surface area contributed by atoms with E-state index in [-0.39, 0.29) is 11.9 Å². The number of carbonyl (C=O) groups excluding carboxylic acids is 1. The molecule has 1 aliphatic carbocycles. The normalized spacial score (nSPS) is 31.2. The largest absolute Gasteiger partial charge is 0.481 e. The van der Waals surface area contributed by atoms with Crippen LogP contribution in [0.25, 0.3) is 0 Å². The van der Waals surface area contributed by atoms with Crippen LogP contribution in [0.1, 0.15) is 52.9 Å². The van der Waals surface area contributed by atoms with E-state index in [1.807, 2.05) is 0 Å². The van der Waals surface area contributed by atoms with Crippen molar-refractivity contribution in [3.05, 3.63) is 0 Å². The second-order valence-corrected chi connectivity index (χ2v) is 9.15. The Morgan fingerprint density at radius 1 is 1.23 bits per heavy atom. The second kappa shape index (κ2) is 7.75. The molecule has 3 rings (SSSR count). The van der Waals surface area contributed by atoms with E-state index in [9.17, 15) is 14.7 Å². The number of aliphatic carboxylic acids is 1. The standard InChI is InChI=1S/C20H35N3O3/c1-14(2)17(22-9-6-15(3)7-10-22)11-21-19(26)23-12-16-5-4-8-20(16,13-23)18(24)25/h14-17H,4-13H2,1-3H3,(H,21,26)(H,24,25)/t16-,17?,20+/m0/s1. The van der Waals surface area contributed by atoms with Crippen molar-refractivity contribution in [2.75, 3.05) is 32.7 Å². The summed E-state index contributed by atoms with van der Waals surface area (Å²) in [7, 11) is 0. The molecule has 1 saturated carbocycles. The van der Waals surface area contributed by atoms with Gasteiger partial charge in [-0.05, 0) is 56.5 Å². The zero-order chi connectivity index (χ0) is 18.9. The summed E-state index contributed by atoms with van der Waals surface area (Å²) in [6.07, 6.45) is 5.06. The topological polar surface area (TPSA) is 72.9 Å². The van der Waals surface area contributed by atoms with Crippen molar-refractivity contribution < 1.29 is 14.7 Å². The minimum absolute atomic E-state index is 0.0870. The number of hydrogen-bond acceptors (Lipinski definition) is 3. The molecule has 2 amide bonds. The maximum absolute atomic E-state index is 12.7. The number of rotatable bonds is 5. The Morgan fingerprint density at radius 2 is 1.92 bits per heavy atom. The van der Waals surface area contributed by atoms with Crippen LogP contribution in [0.2, 0.25) is 0 Å². The van der Waals surface area contributed by atoms with Crippen LogP contribution in [-0.2, 0) is 4.79 Å². The van der Waals surface area contributed by atoms with Crippen LogP contribution >= 0.6 is 0 Å². The number of amides is 2. The number of nitrogens with one attached hydrogen (secondary N) is 1. The van der Waals surface area contributed by atoms with Gasteiger partial charge in [-0.3, -0.25) is 9.69 Å². The van der Waals surface area contributed by atoms with Crippen LogP contribution in [0.15, 0.2) is 0 Å². The molecule has 26 heavy (non-hydrogen) atoms. The molecular formula is C20H35N3O3. The summed E-state index contributed by atoms with van der Waals surface area (Å²) in [5.74, 6) is 0.671. The molecule has 0 aromatic rings. The summed E-state index contributed by atoms with van der Waals surface area (Å²) in [4.78, 5) is 28.8. The van der Waals surface area contributed by atoms with Gasteiger partial charge in [-0.15, -0.1) is 0 Å². The highest BCUT2D eigenvalue weighted by Crippen LogP contribution is 2.48. The number of likely N-dealkylation sites (tertiary alicyclic amines) is 2. The van der Waals surface area contributed by atoms with E-state index >= 15 is 0 Å². The molecule has 6 heteroatoms. The minimum atomic E-state index is -0.724. The fourth-order valence-corrected chi connectivity index (χ4v) is 5.24. The molecule has 2 aliphatic heterocycles. The number of hydrogen-bond donors (Lipinski definition) is 2. The van der Waals surface area contributed by atoms with Crippen LogP contribution in [0.5, 0.6) is 0 Å². The van der Waals surface area contributed by atoms with Crippen molar-refractivity contribution in [1.29, 1.82) is 0 Å². The quantitative estimate of drug-likeness (QED) is 0.786. The Bertz CT molecular complexity index is 530. The van der Waals surface area contributed by atoms with E-state index < -0.39 is 11.4 Å². The smallest absolute Gasteiger partial charge is 0.317 e. The Labute approximate surface area is 157 Å². The molecular weight excluding hydrogens is 330 g/mol. The highest BCUT2D eigenvalue weighted by Gasteiger charge is 2.55. The lowest BCUT2D eigenvalue weighted by atomic mass is 9.81. The molecule has 3 atom stereocenters. The van der Waals surface area contributed by atoms with E-state index in [2.05, 4.69) is 31.0 Å². The van der Waals surface area contributed by atoms with Gasteiger partial charge in [0.2, 0.25) is 0 Å². The molecule has 3 aliphatic rings. The van der Waals surface area contributed by atoms with Gasteiger partial charge in [0.15, 0.2) is 0 Å². The van der Waals surface area contributed by atoms with Gasteiger partial charge in [0, 0.05) is 25.7 Å². The van der Waals surface area contributed by atoms with Crippen LogP contribution in [0.4, 0.5) is 4.79 Å². The zero-order valence-electron chi connectivity index (χ0n) is 16.5. The molecule has 0 bridgehead atoms. The Balaban J connectivity index is 1.55. The Morgan fingerprint density at radius 3 is 2.50 bits per heavy atom. The molecule has 0 radical (unpaired) electrons. The Hall–Kier alpha value is -1.30. The summed E-state index contributed by atoms with van der Waals surface area (Å²) < 4.78 is 0. The number of fused-ring (bicyclic) bond motifs is 1. The van der Waals surface area contributed by atoms with Crippen LogP contribution in [0.3, 0.4) is 0 Å². The maximum Gasteiger partial charge on any atom is 0.317 e. The van der Waals surface area contributed by atoms with E-state index in [1.165, 1.54) is 12.8 Å². The van der Waals surface area contributed by atoms with Gasteiger partial charge in [-0.1, -0.05) is 27.2 Å². The summed E-state index contributed by atoms with van der Waals surface area (Å²) in [5.41, 5.74) is -0.697. The van der Waals surface area contributed by atoms with Gasteiger partial charge in [0.1, 0.15) is 0 Å². The van der Waals surface area contributed by atoms with E-state index in [4.69, 9.17) is 0 Å². The number of piperidine rings is 1. The predicted molar refractivity (Wildman–Crippen MR) is 101 cm³/mol. The number of carboxylic acids is 1. The first-order valence-corrected chi connectivity index (χ1v) is 10.3. The summed E-state index contributed by atoms with van der Waals surface area (Å²) in [6.45, 7) is 10.6. The third-order valence-corrected chi connectivity index (χ3v) is 7.10. The van der Waals surface area contributed by atoms with E-state index in [0.717, 1.165) is 31.8 Å². The maximum atomic E-state index is 12.7. The first-order valence-electron chi connectivity index (χ1n) is 10.3. The van der Waals surface area contributed by atoms with Crippen LogP contribution in [-0.4, -0.2) is 65.7 Å². The Kier molecular flexibility index (Phi) is 5.80. The molecule has 2 N–H and O–H groups in total. The van der Waals surface area contributed by atoms with Crippen molar-refractivity contribution in [1.82, 2.24) is 15.1 Å². The second-order valence-electron chi connectivity index (χ2n) is 9.15. The minimum Gasteiger partial charge on any atom is -0.481 e. The summed E-state index contributed by atoms with van der Waals surface area (Å²) >= 11 is 0. The van der Waals surface area contributed by atoms with Gasteiger partial charge in [-0.2, -0.15) is 0 Å². The van der Waals surface area contributed by atoms with Crippen molar-refractivity contribution in [3.8, 4) is 0 Å². The molecule has 1 unspecified atom stereocenters. The third-order valence-electron chi connectivity index (χ3n) is 7.10. The lowest BCUT2D eigenvalue weighted by Gasteiger charge is -2.39. The number of carbonyl (C=O) groups is 2. The van der Waals surface area contributed by atoms with Crippen molar-refractivity contribution in [2.24, 2.45) is 23.2 Å². The van der Waals surface area contributed by atoms with Crippen LogP contribution in [0, 0.1) is 23.2 Å². The van der Waals surface area contributed by atoms with E-state index in [1.54, 1.807) is 4.90 Å². The number of nitrogens with zero attached hydrogens (tertiary/aromatic N) is 2. The molecule has 0 aromatic heterocycles. The van der Waals surface area contributed by atoms with Gasteiger partial charge in [-0.25, -0.2) is 4.79 Å². The summed E-state index contributed by atoms with van der Waals surface area (Å²) in [5, 5.41) is 12.8. The first kappa shape index (κ1) is 19.5. The fourth-order valence-electron chi connectivity index (χ4n) is 5.24. The predicted octanol–water partition coefficient (Wildman–Crippen LogP) is 2.64. The lowest BCUT2D eigenvalue weighted by Crippen LogP contribution is -2.51. The molecule has 3 fully saturated rings. The molecule has 2 saturated heterocycles. The number of urea groups is 1. The third kappa shape index (κ3) is 3.71.